The van der Waals surface area contributed by atoms with Gasteiger partial charge in [0.15, 0.2) is 0 Å². The van der Waals surface area contributed by atoms with E-state index in [1.54, 1.807) is 18.2 Å². The summed E-state index contributed by atoms with van der Waals surface area (Å²) in [4.78, 5) is 0.867. The van der Waals surface area contributed by atoms with Gasteiger partial charge in [-0.3, -0.25) is 0 Å². The predicted octanol–water partition coefficient (Wildman–Crippen LogP) is 1.79. The van der Waals surface area contributed by atoms with Gasteiger partial charge in [0.25, 0.3) is 10.0 Å². The molecule has 17 heavy (non-hydrogen) atoms. The number of hydrogen-bond acceptors (Lipinski definition) is 4. The van der Waals surface area contributed by atoms with Gasteiger partial charge in [-0.15, -0.1) is 17.9 Å². The lowest BCUT2D eigenvalue weighted by atomic mass is 10.4. The molecule has 1 aromatic heterocycles. The smallest absolute Gasteiger partial charge is 0.253 e. The Morgan fingerprint density at radius 2 is 2.18 bits per heavy atom. The Morgan fingerprint density at radius 3 is 2.59 bits per heavy atom. The lowest BCUT2D eigenvalue weighted by Gasteiger charge is -2.23. The third kappa shape index (κ3) is 3.16. The molecule has 1 rings (SSSR count). The van der Waals surface area contributed by atoms with E-state index in [-0.39, 0.29) is 6.04 Å². The van der Waals surface area contributed by atoms with Gasteiger partial charge in [-0.25, -0.2) is 8.42 Å². The van der Waals surface area contributed by atoms with E-state index in [1.807, 2.05) is 13.8 Å². The molecule has 0 saturated heterocycles. The van der Waals surface area contributed by atoms with Crippen LogP contribution in [0, 0.1) is 0 Å². The van der Waals surface area contributed by atoms with E-state index in [1.165, 1.54) is 15.6 Å². The highest BCUT2D eigenvalue weighted by Gasteiger charge is 2.27. The van der Waals surface area contributed by atoms with Gasteiger partial charge in [0.2, 0.25) is 0 Å². The van der Waals surface area contributed by atoms with Crippen LogP contribution in [0.15, 0.2) is 29.0 Å². The van der Waals surface area contributed by atoms with Crippen LogP contribution >= 0.6 is 11.3 Å². The van der Waals surface area contributed by atoms with Crippen LogP contribution in [0.4, 0.5) is 0 Å². The Morgan fingerprint density at radius 1 is 1.53 bits per heavy atom. The second kappa shape index (κ2) is 5.77. The first-order valence-corrected chi connectivity index (χ1v) is 7.60. The van der Waals surface area contributed by atoms with Crippen LogP contribution in [-0.2, 0) is 16.6 Å². The van der Waals surface area contributed by atoms with E-state index in [9.17, 15) is 8.42 Å². The van der Waals surface area contributed by atoms with Crippen LogP contribution in [0.25, 0.3) is 0 Å². The maximum Gasteiger partial charge on any atom is 0.253 e. The minimum Gasteiger partial charge on any atom is -0.326 e. The summed E-state index contributed by atoms with van der Waals surface area (Å²) >= 11 is 1.22. The van der Waals surface area contributed by atoms with Gasteiger partial charge in [0.1, 0.15) is 4.21 Å². The fourth-order valence-corrected chi connectivity index (χ4v) is 4.41. The van der Waals surface area contributed by atoms with Crippen molar-refractivity contribution in [1.82, 2.24) is 4.31 Å². The molecular formula is C11H18N2O2S2. The molecule has 1 heterocycles. The minimum absolute atomic E-state index is 0.0959. The molecule has 96 valence electrons. The summed E-state index contributed by atoms with van der Waals surface area (Å²) in [6.07, 6.45) is 1.59. The van der Waals surface area contributed by atoms with Crippen LogP contribution in [0.3, 0.4) is 0 Å². The predicted molar refractivity (Wildman–Crippen MR) is 71.4 cm³/mol. The van der Waals surface area contributed by atoms with E-state index < -0.39 is 10.0 Å². The first kappa shape index (κ1) is 14.4. The summed E-state index contributed by atoms with van der Waals surface area (Å²) in [5.74, 6) is 0. The van der Waals surface area contributed by atoms with Crippen molar-refractivity contribution < 1.29 is 8.42 Å². The Balaban J connectivity index is 3.11. The van der Waals surface area contributed by atoms with E-state index in [2.05, 4.69) is 6.58 Å². The molecular weight excluding hydrogens is 256 g/mol. The lowest BCUT2D eigenvalue weighted by molar-refractivity contribution is 0.384. The Kier molecular flexibility index (Phi) is 4.88. The van der Waals surface area contributed by atoms with Gasteiger partial charge >= 0.3 is 0 Å². The zero-order valence-corrected chi connectivity index (χ0v) is 11.7. The van der Waals surface area contributed by atoms with Crippen molar-refractivity contribution in [2.75, 3.05) is 6.54 Å². The molecule has 1 aromatic rings. The molecule has 0 spiro atoms. The van der Waals surface area contributed by atoms with Crippen LogP contribution in [0.2, 0.25) is 0 Å². The summed E-state index contributed by atoms with van der Waals surface area (Å²) in [5, 5.41) is 0. The van der Waals surface area contributed by atoms with Crippen molar-refractivity contribution in [2.24, 2.45) is 5.73 Å². The molecule has 0 radical (unpaired) electrons. The summed E-state index contributed by atoms with van der Waals surface area (Å²) in [7, 11) is -3.43. The standard InChI is InChI=1S/C11H18N2O2S2/c1-4-7-13(9(2)3)17(14,15)11-6-5-10(8-12)16-11/h4-6,9H,1,7-8,12H2,2-3H3. The van der Waals surface area contributed by atoms with E-state index >= 15 is 0 Å². The molecule has 0 amide bonds. The number of sulfonamides is 1. The minimum atomic E-state index is -3.43. The number of hydrogen-bond donors (Lipinski definition) is 1. The van der Waals surface area contributed by atoms with Crippen molar-refractivity contribution >= 4 is 21.4 Å². The molecule has 0 fully saturated rings. The molecule has 0 saturated carbocycles. The van der Waals surface area contributed by atoms with Gasteiger partial charge < -0.3 is 5.73 Å². The van der Waals surface area contributed by atoms with E-state index in [0.717, 1.165) is 4.88 Å². The molecule has 0 unspecified atom stereocenters. The highest BCUT2D eigenvalue weighted by Crippen LogP contribution is 2.25. The highest BCUT2D eigenvalue weighted by atomic mass is 32.2. The fourth-order valence-electron chi connectivity index (χ4n) is 1.44. The second-order valence-corrected chi connectivity index (χ2v) is 7.17. The van der Waals surface area contributed by atoms with E-state index in [4.69, 9.17) is 5.73 Å². The zero-order valence-electron chi connectivity index (χ0n) is 10.1. The average molecular weight is 274 g/mol. The fraction of sp³-hybridized carbons (Fsp3) is 0.455. The van der Waals surface area contributed by atoms with Gasteiger partial charge in [0.05, 0.1) is 0 Å². The first-order chi connectivity index (χ1) is 7.93. The molecule has 0 aliphatic heterocycles. The Labute approximate surface area is 107 Å². The Bertz CT molecular complexity index is 477. The zero-order chi connectivity index (χ0) is 13.1. The topological polar surface area (TPSA) is 63.4 Å². The van der Waals surface area contributed by atoms with Crippen molar-refractivity contribution in [3.63, 3.8) is 0 Å². The van der Waals surface area contributed by atoms with E-state index in [0.29, 0.717) is 17.3 Å². The number of nitrogens with two attached hydrogens (primary N) is 1. The van der Waals surface area contributed by atoms with Gasteiger partial charge in [-0.1, -0.05) is 6.08 Å². The SMILES string of the molecule is C=CCN(C(C)C)S(=O)(=O)c1ccc(CN)s1. The second-order valence-electron chi connectivity index (χ2n) is 3.88. The third-order valence-electron chi connectivity index (χ3n) is 2.29. The molecule has 6 heteroatoms. The van der Waals surface area contributed by atoms with Crippen LogP contribution in [-0.4, -0.2) is 25.3 Å². The Hall–Kier alpha value is -0.690. The maximum atomic E-state index is 12.3. The molecule has 0 aliphatic rings. The summed E-state index contributed by atoms with van der Waals surface area (Å²) in [6.45, 7) is 7.96. The molecule has 4 nitrogen and oxygen atoms in total. The molecule has 2 N–H and O–H groups in total. The summed E-state index contributed by atoms with van der Waals surface area (Å²) in [6, 6.07) is 3.27. The molecule has 0 aromatic carbocycles. The van der Waals surface area contributed by atoms with Crippen molar-refractivity contribution in [3.05, 3.63) is 29.7 Å². The third-order valence-corrected chi connectivity index (χ3v) is 5.90. The monoisotopic (exact) mass is 274 g/mol. The van der Waals surface area contributed by atoms with Crippen molar-refractivity contribution in [1.29, 1.82) is 0 Å². The average Bonchev–Trinajstić information content (AvgIpc) is 2.74. The number of rotatable bonds is 6. The first-order valence-electron chi connectivity index (χ1n) is 5.35. The van der Waals surface area contributed by atoms with Crippen molar-refractivity contribution in [2.45, 2.75) is 30.6 Å². The van der Waals surface area contributed by atoms with Crippen molar-refractivity contribution in [3.8, 4) is 0 Å². The molecule has 0 bridgehead atoms. The molecule has 0 atom stereocenters. The summed E-state index contributed by atoms with van der Waals surface area (Å²) in [5.41, 5.74) is 5.49. The largest absolute Gasteiger partial charge is 0.326 e. The maximum absolute atomic E-state index is 12.3. The van der Waals surface area contributed by atoms with Gasteiger partial charge in [0, 0.05) is 24.0 Å². The van der Waals surface area contributed by atoms with Crippen LogP contribution in [0.5, 0.6) is 0 Å². The van der Waals surface area contributed by atoms with Crippen LogP contribution in [0.1, 0.15) is 18.7 Å². The quantitative estimate of drug-likeness (QED) is 0.804. The van der Waals surface area contributed by atoms with Gasteiger partial charge in [-0.2, -0.15) is 4.31 Å². The molecule has 0 aliphatic carbocycles. The normalized spacial score (nSPS) is 12.3. The van der Waals surface area contributed by atoms with Crippen LogP contribution < -0.4 is 5.73 Å². The lowest BCUT2D eigenvalue weighted by Crippen LogP contribution is -2.36. The highest BCUT2D eigenvalue weighted by molar-refractivity contribution is 7.91. The van der Waals surface area contributed by atoms with Gasteiger partial charge in [-0.05, 0) is 26.0 Å². The number of nitrogens with zero attached hydrogens (tertiary/aromatic N) is 1. The summed E-state index contributed by atoms with van der Waals surface area (Å²) < 4.78 is 26.4. The number of thiophene rings is 1.